The van der Waals surface area contributed by atoms with Crippen molar-refractivity contribution < 1.29 is 9.73 Å². The number of allylic oxidation sites excluding steroid dienone is 2. The molecule has 1 saturated heterocycles. The van der Waals surface area contributed by atoms with E-state index in [9.17, 15) is 4.79 Å². The first-order valence-corrected chi connectivity index (χ1v) is 3.89. The van der Waals surface area contributed by atoms with E-state index in [0.717, 1.165) is 4.48 Å². The van der Waals surface area contributed by atoms with Gasteiger partial charge in [0.2, 0.25) is 0 Å². The quantitative estimate of drug-likeness (QED) is 0.640. The summed E-state index contributed by atoms with van der Waals surface area (Å²) in [4.78, 5) is 15.8. The van der Waals surface area contributed by atoms with E-state index in [4.69, 9.17) is 4.94 Å². The van der Waals surface area contributed by atoms with E-state index in [1.807, 2.05) is 6.08 Å². The predicted molar refractivity (Wildman–Crippen MR) is 41.0 cm³/mol. The van der Waals surface area contributed by atoms with Crippen molar-refractivity contribution in [1.29, 1.82) is 0 Å². The highest BCUT2D eigenvalue weighted by Crippen LogP contribution is 2.21. The lowest BCUT2D eigenvalue weighted by Crippen LogP contribution is -2.20. The van der Waals surface area contributed by atoms with Crippen LogP contribution in [0.2, 0.25) is 0 Å². The largest absolute Gasteiger partial charge is 0.295 e. The Bertz CT molecular complexity index is 272. The molecule has 0 aromatic heterocycles. The van der Waals surface area contributed by atoms with Gasteiger partial charge in [-0.05, 0) is 12.2 Å². The van der Waals surface area contributed by atoms with Gasteiger partial charge < -0.3 is 0 Å². The second-order valence-corrected chi connectivity index (χ2v) is 3.12. The van der Waals surface area contributed by atoms with Gasteiger partial charge in [0.25, 0.3) is 5.91 Å². The van der Waals surface area contributed by atoms with Crippen molar-refractivity contribution in [2.75, 3.05) is 6.54 Å². The molecule has 0 radical (unpaired) electrons. The minimum Gasteiger partial charge on any atom is -0.265 e. The molecule has 2 aliphatic rings. The lowest BCUT2D eigenvalue weighted by Gasteiger charge is -2.15. The van der Waals surface area contributed by atoms with Crippen LogP contribution in [0.3, 0.4) is 0 Å². The molecule has 0 unspecified atom stereocenters. The number of rotatable bonds is 0. The molecular formula is C6H5BrN2O2. The van der Waals surface area contributed by atoms with Crippen LogP contribution in [-0.2, 0) is 9.73 Å². The maximum atomic E-state index is 11.0. The van der Waals surface area contributed by atoms with Crippen molar-refractivity contribution in [2.24, 2.45) is 0 Å². The Morgan fingerprint density at radius 1 is 1.73 bits per heavy atom. The monoisotopic (exact) mass is 216 g/mol. The highest BCUT2D eigenvalue weighted by Gasteiger charge is 2.28. The molecular weight excluding hydrogens is 212 g/mol. The summed E-state index contributed by atoms with van der Waals surface area (Å²) in [6, 6.07) is 0. The van der Waals surface area contributed by atoms with E-state index < -0.39 is 0 Å². The van der Waals surface area contributed by atoms with Crippen molar-refractivity contribution in [2.45, 2.75) is 0 Å². The molecule has 1 fully saturated rings. The zero-order valence-electron chi connectivity index (χ0n) is 5.50. The molecule has 0 aromatic rings. The van der Waals surface area contributed by atoms with Crippen LogP contribution in [0.4, 0.5) is 0 Å². The molecule has 58 valence electrons. The molecule has 2 rings (SSSR count). The first-order chi connectivity index (χ1) is 5.27. The zero-order chi connectivity index (χ0) is 7.84. The Morgan fingerprint density at radius 2 is 2.55 bits per heavy atom. The van der Waals surface area contributed by atoms with E-state index >= 15 is 0 Å². The number of fused-ring (bicyclic) bond motifs is 1. The molecule has 1 N–H and O–H groups in total. The first kappa shape index (κ1) is 6.87. The van der Waals surface area contributed by atoms with Crippen LogP contribution >= 0.6 is 15.9 Å². The average Bonchev–Trinajstić information content (AvgIpc) is 2.33. The van der Waals surface area contributed by atoms with E-state index in [1.54, 1.807) is 6.08 Å². The molecule has 0 bridgehead atoms. The van der Waals surface area contributed by atoms with Crippen molar-refractivity contribution in [3.8, 4) is 0 Å². The van der Waals surface area contributed by atoms with E-state index in [2.05, 4.69) is 21.4 Å². The van der Waals surface area contributed by atoms with Gasteiger partial charge in [0.05, 0.1) is 6.54 Å². The summed E-state index contributed by atoms with van der Waals surface area (Å²) in [6.45, 7) is 0.588. The van der Waals surface area contributed by atoms with Gasteiger partial charge in [0, 0.05) is 4.48 Å². The molecule has 0 saturated carbocycles. The molecule has 5 heteroatoms. The SMILES string of the molecule is O=C1NON2CC=C(Br)C=C12. The van der Waals surface area contributed by atoms with Crippen LogP contribution in [0.15, 0.2) is 22.3 Å². The topological polar surface area (TPSA) is 41.6 Å². The lowest BCUT2D eigenvalue weighted by molar-refractivity contribution is -0.148. The number of carbonyl (C=O) groups excluding carboxylic acids is 1. The Hall–Kier alpha value is -0.810. The van der Waals surface area contributed by atoms with E-state index in [-0.39, 0.29) is 5.91 Å². The molecule has 0 aromatic carbocycles. The highest BCUT2D eigenvalue weighted by molar-refractivity contribution is 9.11. The van der Waals surface area contributed by atoms with Crippen LogP contribution in [0.25, 0.3) is 0 Å². The fraction of sp³-hybridized carbons (Fsp3) is 0.167. The minimum atomic E-state index is -0.199. The van der Waals surface area contributed by atoms with Crippen LogP contribution in [0.5, 0.6) is 0 Å². The third-order valence-corrected chi connectivity index (χ3v) is 2.03. The highest BCUT2D eigenvalue weighted by atomic mass is 79.9. The van der Waals surface area contributed by atoms with Crippen LogP contribution in [0, 0.1) is 0 Å². The Balaban J connectivity index is 2.34. The molecule has 2 heterocycles. The van der Waals surface area contributed by atoms with E-state index in [0.29, 0.717) is 12.2 Å². The van der Waals surface area contributed by atoms with Crippen LogP contribution in [-0.4, -0.2) is 17.5 Å². The van der Waals surface area contributed by atoms with Crippen molar-refractivity contribution in [3.05, 3.63) is 22.3 Å². The molecule has 0 spiro atoms. The number of hydrogen-bond donors (Lipinski definition) is 1. The minimum absolute atomic E-state index is 0.199. The summed E-state index contributed by atoms with van der Waals surface area (Å²) >= 11 is 3.27. The molecule has 0 atom stereocenters. The number of hydroxylamine groups is 3. The average molecular weight is 217 g/mol. The van der Waals surface area contributed by atoms with E-state index in [1.165, 1.54) is 5.06 Å². The van der Waals surface area contributed by atoms with Crippen molar-refractivity contribution in [1.82, 2.24) is 10.5 Å². The fourth-order valence-electron chi connectivity index (χ4n) is 0.944. The molecule has 0 aliphatic carbocycles. The normalized spacial score (nSPS) is 22.3. The number of carbonyl (C=O) groups is 1. The molecule has 2 aliphatic heterocycles. The number of halogens is 1. The Labute approximate surface area is 71.5 Å². The second-order valence-electron chi connectivity index (χ2n) is 2.20. The van der Waals surface area contributed by atoms with Crippen LogP contribution < -0.4 is 5.48 Å². The summed E-state index contributed by atoms with van der Waals surface area (Å²) in [5.41, 5.74) is 2.79. The maximum absolute atomic E-state index is 11.0. The summed E-state index contributed by atoms with van der Waals surface area (Å²) in [6.07, 6.45) is 3.62. The number of hydrogen-bond acceptors (Lipinski definition) is 3. The van der Waals surface area contributed by atoms with Gasteiger partial charge in [-0.1, -0.05) is 15.9 Å². The Morgan fingerprint density at radius 3 is 3.36 bits per heavy atom. The van der Waals surface area contributed by atoms with Gasteiger partial charge in [-0.2, -0.15) is 4.94 Å². The third kappa shape index (κ3) is 1.06. The third-order valence-electron chi connectivity index (χ3n) is 1.48. The number of amides is 1. The summed E-state index contributed by atoms with van der Waals surface area (Å²) < 4.78 is 0.907. The summed E-state index contributed by atoms with van der Waals surface area (Å²) in [7, 11) is 0. The summed E-state index contributed by atoms with van der Waals surface area (Å²) in [5, 5.41) is 1.49. The first-order valence-electron chi connectivity index (χ1n) is 3.09. The zero-order valence-corrected chi connectivity index (χ0v) is 7.09. The van der Waals surface area contributed by atoms with Gasteiger partial charge >= 0.3 is 0 Å². The number of nitrogens with one attached hydrogen (secondary N) is 1. The summed E-state index contributed by atoms with van der Waals surface area (Å²) in [5.74, 6) is -0.199. The Kier molecular flexibility index (Phi) is 1.47. The smallest absolute Gasteiger partial charge is 0.265 e. The van der Waals surface area contributed by atoms with Gasteiger partial charge in [-0.25, -0.2) is 10.5 Å². The maximum Gasteiger partial charge on any atom is 0.295 e. The van der Waals surface area contributed by atoms with Gasteiger partial charge in [0.15, 0.2) is 0 Å². The number of nitrogens with zero attached hydrogens (tertiary/aromatic N) is 1. The lowest BCUT2D eigenvalue weighted by atomic mass is 10.3. The predicted octanol–water partition coefficient (Wildman–Crippen LogP) is 0.441. The fourth-order valence-corrected chi connectivity index (χ4v) is 1.31. The molecule has 1 amide bonds. The van der Waals surface area contributed by atoms with Gasteiger partial charge in [-0.15, -0.1) is 0 Å². The second kappa shape index (κ2) is 2.35. The molecule has 4 nitrogen and oxygen atoms in total. The van der Waals surface area contributed by atoms with Crippen molar-refractivity contribution in [3.63, 3.8) is 0 Å². The molecule has 11 heavy (non-hydrogen) atoms. The van der Waals surface area contributed by atoms with Gasteiger partial charge in [-0.3, -0.25) is 4.79 Å². The standard InChI is InChI=1S/C6H5BrN2O2/c7-4-1-2-9-5(3-4)6(10)8-11-9/h1,3H,2H2,(H,8,10). The van der Waals surface area contributed by atoms with Crippen molar-refractivity contribution >= 4 is 21.8 Å². The van der Waals surface area contributed by atoms with Crippen LogP contribution in [0.1, 0.15) is 0 Å². The van der Waals surface area contributed by atoms with Gasteiger partial charge in [0.1, 0.15) is 5.70 Å².